The average molecular weight is 437 g/mol. The van der Waals surface area contributed by atoms with Gasteiger partial charge < -0.3 is 15.0 Å². The van der Waals surface area contributed by atoms with E-state index in [1.54, 1.807) is 43.3 Å². The molecule has 0 unspecified atom stereocenters. The minimum Gasteiger partial charge on any atom is -0.484 e. The number of benzene rings is 2. The number of halogens is 2. The van der Waals surface area contributed by atoms with Gasteiger partial charge in [0.05, 0.1) is 0 Å². The van der Waals surface area contributed by atoms with Crippen LogP contribution in [0.5, 0.6) is 5.75 Å². The van der Waals surface area contributed by atoms with Crippen molar-refractivity contribution in [3.05, 3.63) is 64.1 Å². The molecular formula is C22H26Cl2N2O3. The summed E-state index contributed by atoms with van der Waals surface area (Å²) in [7, 11) is 0. The van der Waals surface area contributed by atoms with Gasteiger partial charge >= 0.3 is 0 Å². The van der Waals surface area contributed by atoms with E-state index in [1.807, 2.05) is 32.9 Å². The predicted molar refractivity (Wildman–Crippen MR) is 116 cm³/mol. The Labute approximate surface area is 181 Å². The highest BCUT2D eigenvalue weighted by atomic mass is 35.5. The Balaban J connectivity index is 2.18. The van der Waals surface area contributed by atoms with E-state index in [0.29, 0.717) is 15.8 Å². The van der Waals surface area contributed by atoms with Gasteiger partial charge in [0, 0.05) is 22.1 Å². The minimum absolute atomic E-state index is 0.214. The molecule has 0 heterocycles. The van der Waals surface area contributed by atoms with Crippen LogP contribution in [0.25, 0.3) is 0 Å². The van der Waals surface area contributed by atoms with Crippen LogP contribution in [0.4, 0.5) is 0 Å². The quantitative estimate of drug-likeness (QED) is 0.683. The molecule has 2 aromatic carbocycles. The molecule has 0 radical (unpaired) electrons. The molecule has 0 bridgehead atoms. The molecule has 0 saturated carbocycles. The molecule has 156 valence electrons. The number of carbonyl (C=O) groups is 2. The molecule has 5 nitrogen and oxygen atoms in total. The smallest absolute Gasteiger partial charge is 0.261 e. The Kier molecular flexibility index (Phi) is 7.94. The van der Waals surface area contributed by atoms with Crippen LogP contribution in [0.15, 0.2) is 48.5 Å². The third kappa shape index (κ3) is 7.59. The van der Waals surface area contributed by atoms with E-state index in [0.717, 1.165) is 5.56 Å². The van der Waals surface area contributed by atoms with Gasteiger partial charge in [-0.15, -0.1) is 0 Å². The van der Waals surface area contributed by atoms with E-state index in [9.17, 15) is 9.59 Å². The summed E-state index contributed by atoms with van der Waals surface area (Å²) in [6.45, 7) is 7.39. The first-order valence-electron chi connectivity index (χ1n) is 9.29. The maximum absolute atomic E-state index is 13.0. The second-order valence-electron chi connectivity index (χ2n) is 7.81. The van der Waals surface area contributed by atoms with Gasteiger partial charge in [0.1, 0.15) is 11.8 Å². The number of ether oxygens (including phenoxy) is 1. The zero-order valence-electron chi connectivity index (χ0n) is 17.0. The summed E-state index contributed by atoms with van der Waals surface area (Å²) >= 11 is 12.0. The van der Waals surface area contributed by atoms with Gasteiger partial charge in [0.2, 0.25) is 5.91 Å². The Hall–Kier alpha value is -2.24. The van der Waals surface area contributed by atoms with Crippen molar-refractivity contribution in [2.75, 3.05) is 6.61 Å². The first-order chi connectivity index (χ1) is 13.5. The van der Waals surface area contributed by atoms with Crippen molar-refractivity contribution in [1.82, 2.24) is 10.2 Å². The fourth-order valence-corrected chi connectivity index (χ4v) is 3.07. The van der Waals surface area contributed by atoms with Gasteiger partial charge in [-0.2, -0.15) is 0 Å². The lowest BCUT2D eigenvalue weighted by molar-refractivity contribution is -0.142. The maximum Gasteiger partial charge on any atom is 0.261 e. The third-order valence-electron chi connectivity index (χ3n) is 4.07. The second kappa shape index (κ2) is 9.99. The van der Waals surface area contributed by atoms with Crippen molar-refractivity contribution in [2.45, 2.75) is 45.8 Å². The van der Waals surface area contributed by atoms with Crippen LogP contribution in [-0.2, 0) is 16.1 Å². The predicted octanol–water partition coefficient (Wildman–Crippen LogP) is 4.70. The van der Waals surface area contributed by atoms with E-state index >= 15 is 0 Å². The zero-order chi connectivity index (χ0) is 21.6. The summed E-state index contributed by atoms with van der Waals surface area (Å²) < 4.78 is 5.59. The number of carbonyl (C=O) groups excluding carboxylic acids is 2. The van der Waals surface area contributed by atoms with Crippen LogP contribution in [0.1, 0.15) is 33.3 Å². The van der Waals surface area contributed by atoms with Crippen molar-refractivity contribution in [2.24, 2.45) is 0 Å². The lowest BCUT2D eigenvalue weighted by Crippen LogP contribution is -2.53. The normalized spacial score (nSPS) is 12.2. The standard InChI is InChI=1S/C22H26Cl2N2O3/c1-15(21(28)25-22(2,3)4)26(13-16-7-5-8-17(23)11-16)20(27)14-29-19-10-6-9-18(24)12-19/h5-12,15H,13-14H2,1-4H3,(H,25,28)/t15-/m1/s1. The Morgan fingerprint density at radius 3 is 2.28 bits per heavy atom. The third-order valence-corrected chi connectivity index (χ3v) is 4.54. The summed E-state index contributed by atoms with van der Waals surface area (Å²) in [6.07, 6.45) is 0. The minimum atomic E-state index is -0.691. The molecule has 0 aromatic heterocycles. The van der Waals surface area contributed by atoms with Crippen molar-refractivity contribution >= 4 is 35.0 Å². The lowest BCUT2D eigenvalue weighted by atomic mass is 10.1. The Morgan fingerprint density at radius 2 is 1.69 bits per heavy atom. The number of hydrogen-bond acceptors (Lipinski definition) is 3. The molecule has 1 atom stereocenters. The molecule has 0 aliphatic rings. The van der Waals surface area contributed by atoms with Gasteiger partial charge in [-0.05, 0) is 63.6 Å². The molecule has 0 fully saturated rings. The molecule has 0 saturated heterocycles. The Bertz CT molecular complexity index is 865. The van der Waals surface area contributed by atoms with Gasteiger partial charge in [-0.25, -0.2) is 0 Å². The first-order valence-corrected chi connectivity index (χ1v) is 10.0. The number of nitrogens with zero attached hydrogens (tertiary/aromatic N) is 1. The molecule has 2 rings (SSSR count). The molecule has 29 heavy (non-hydrogen) atoms. The molecule has 0 spiro atoms. The SMILES string of the molecule is C[C@H](C(=O)NC(C)(C)C)N(Cc1cccc(Cl)c1)C(=O)COc1cccc(Cl)c1. The van der Waals surface area contributed by atoms with Crippen LogP contribution >= 0.6 is 23.2 Å². The van der Waals surface area contributed by atoms with Crippen LogP contribution in [0.3, 0.4) is 0 Å². The maximum atomic E-state index is 13.0. The zero-order valence-corrected chi connectivity index (χ0v) is 18.6. The van der Waals surface area contributed by atoms with Gasteiger partial charge in [-0.1, -0.05) is 41.4 Å². The van der Waals surface area contributed by atoms with E-state index in [2.05, 4.69) is 5.32 Å². The van der Waals surface area contributed by atoms with Crippen LogP contribution in [-0.4, -0.2) is 34.9 Å². The van der Waals surface area contributed by atoms with Crippen molar-refractivity contribution in [3.63, 3.8) is 0 Å². The summed E-state index contributed by atoms with van der Waals surface area (Å²) in [5.41, 5.74) is 0.414. The Morgan fingerprint density at radius 1 is 1.07 bits per heavy atom. The molecule has 2 aromatic rings. The molecule has 2 amide bonds. The summed E-state index contributed by atoms with van der Waals surface area (Å²) in [4.78, 5) is 27.1. The van der Waals surface area contributed by atoms with Crippen molar-refractivity contribution < 1.29 is 14.3 Å². The monoisotopic (exact) mass is 436 g/mol. The van der Waals surface area contributed by atoms with Gasteiger partial charge in [-0.3, -0.25) is 9.59 Å². The lowest BCUT2D eigenvalue weighted by Gasteiger charge is -2.31. The van der Waals surface area contributed by atoms with Gasteiger partial charge in [0.25, 0.3) is 5.91 Å². The fraction of sp³-hybridized carbons (Fsp3) is 0.364. The largest absolute Gasteiger partial charge is 0.484 e. The van der Waals surface area contributed by atoms with E-state index < -0.39 is 11.6 Å². The van der Waals surface area contributed by atoms with Crippen molar-refractivity contribution in [3.8, 4) is 5.75 Å². The second-order valence-corrected chi connectivity index (χ2v) is 8.69. The van der Waals surface area contributed by atoms with E-state index in [1.165, 1.54) is 4.90 Å². The highest BCUT2D eigenvalue weighted by Crippen LogP contribution is 2.18. The highest BCUT2D eigenvalue weighted by Gasteiger charge is 2.28. The van der Waals surface area contributed by atoms with Gasteiger partial charge in [0.15, 0.2) is 6.61 Å². The van der Waals surface area contributed by atoms with Crippen LogP contribution in [0, 0.1) is 0 Å². The van der Waals surface area contributed by atoms with Crippen LogP contribution < -0.4 is 10.1 Å². The highest BCUT2D eigenvalue weighted by molar-refractivity contribution is 6.30. The number of hydrogen-bond donors (Lipinski definition) is 1. The molecule has 0 aliphatic heterocycles. The molecule has 0 aliphatic carbocycles. The fourth-order valence-electron chi connectivity index (χ4n) is 2.67. The molecular weight excluding hydrogens is 411 g/mol. The summed E-state index contributed by atoms with van der Waals surface area (Å²) in [6, 6.07) is 13.3. The first kappa shape index (κ1) is 23.0. The van der Waals surface area contributed by atoms with Crippen LogP contribution in [0.2, 0.25) is 10.0 Å². The topological polar surface area (TPSA) is 58.6 Å². The number of amides is 2. The average Bonchev–Trinajstić information content (AvgIpc) is 2.62. The van der Waals surface area contributed by atoms with Crippen molar-refractivity contribution in [1.29, 1.82) is 0 Å². The summed E-state index contributed by atoms with van der Waals surface area (Å²) in [5.74, 6) is -0.0718. The summed E-state index contributed by atoms with van der Waals surface area (Å²) in [5, 5.41) is 4.00. The van der Waals surface area contributed by atoms with E-state index in [4.69, 9.17) is 27.9 Å². The molecule has 1 N–H and O–H groups in total. The number of nitrogens with one attached hydrogen (secondary N) is 1. The molecule has 7 heteroatoms. The van der Waals surface area contributed by atoms with E-state index in [-0.39, 0.29) is 25.0 Å². The number of rotatable bonds is 7.